The van der Waals surface area contributed by atoms with Gasteiger partial charge in [0, 0.05) is 17.3 Å². The zero-order valence-electron chi connectivity index (χ0n) is 13.3. The third-order valence-electron chi connectivity index (χ3n) is 4.61. The largest absolute Gasteiger partial charge is 0.349 e. The number of nitrogens with zero attached hydrogens (tertiary/aromatic N) is 2. The van der Waals surface area contributed by atoms with Gasteiger partial charge in [-0.3, -0.25) is 9.48 Å². The third kappa shape index (κ3) is 3.94. The zero-order chi connectivity index (χ0) is 16.2. The summed E-state index contributed by atoms with van der Waals surface area (Å²) in [5, 5.41) is 8.15. The molecule has 1 aliphatic carbocycles. The summed E-state index contributed by atoms with van der Waals surface area (Å²) in [4.78, 5) is 12.4. The van der Waals surface area contributed by atoms with E-state index in [1.165, 1.54) is 19.3 Å². The van der Waals surface area contributed by atoms with Gasteiger partial charge < -0.3 is 5.32 Å². The van der Waals surface area contributed by atoms with Crippen molar-refractivity contribution in [1.29, 1.82) is 0 Å². The summed E-state index contributed by atoms with van der Waals surface area (Å²) >= 11 is 6.17. The molecule has 1 fully saturated rings. The first-order chi connectivity index (χ1) is 11.1. The average molecular weight is 332 g/mol. The summed E-state index contributed by atoms with van der Waals surface area (Å²) in [5.74, 6) is 0.514. The number of aromatic nitrogens is 2. The molecule has 0 bridgehead atoms. The van der Waals surface area contributed by atoms with Crippen molar-refractivity contribution in [1.82, 2.24) is 15.1 Å². The summed E-state index contributed by atoms with van der Waals surface area (Å²) in [6, 6.07) is 7.96. The molecule has 1 aromatic carbocycles. The van der Waals surface area contributed by atoms with Crippen molar-refractivity contribution in [2.45, 2.75) is 45.2 Å². The molecule has 1 heterocycles. The lowest BCUT2D eigenvalue weighted by Crippen LogP contribution is -2.40. The average Bonchev–Trinajstić information content (AvgIpc) is 3.01. The van der Waals surface area contributed by atoms with Crippen LogP contribution >= 0.6 is 11.6 Å². The highest BCUT2D eigenvalue weighted by atomic mass is 35.5. The standard InChI is InChI=1S/C18H22ClN3O/c1-13-6-2-5-9-17(13)21-18(23)15-10-20-22(12-15)11-14-7-3-4-8-16(14)19/h3-4,7-8,10,12-13,17H,2,5-6,9,11H2,1H3,(H,21,23). The van der Waals surface area contributed by atoms with E-state index in [1.54, 1.807) is 17.1 Å². The number of nitrogens with one attached hydrogen (secondary N) is 1. The van der Waals surface area contributed by atoms with E-state index < -0.39 is 0 Å². The molecular weight excluding hydrogens is 310 g/mol. The molecule has 23 heavy (non-hydrogen) atoms. The van der Waals surface area contributed by atoms with Gasteiger partial charge in [0.15, 0.2) is 0 Å². The molecule has 1 aromatic heterocycles. The molecule has 2 atom stereocenters. The highest BCUT2D eigenvalue weighted by Gasteiger charge is 2.23. The molecule has 0 aliphatic heterocycles. The van der Waals surface area contributed by atoms with Crippen LogP contribution in [0.1, 0.15) is 48.5 Å². The van der Waals surface area contributed by atoms with Gasteiger partial charge in [-0.15, -0.1) is 0 Å². The Hall–Kier alpha value is -1.81. The first-order valence-corrected chi connectivity index (χ1v) is 8.58. The van der Waals surface area contributed by atoms with Crippen molar-refractivity contribution in [3.8, 4) is 0 Å². The molecule has 1 saturated carbocycles. The monoisotopic (exact) mass is 331 g/mol. The number of benzene rings is 1. The van der Waals surface area contributed by atoms with Gasteiger partial charge in [0.05, 0.1) is 18.3 Å². The molecule has 0 spiro atoms. The van der Waals surface area contributed by atoms with Crippen molar-refractivity contribution in [2.75, 3.05) is 0 Å². The van der Waals surface area contributed by atoms with E-state index in [-0.39, 0.29) is 11.9 Å². The second-order valence-electron chi connectivity index (χ2n) is 6.36. The van der Waals surface area contributed by atoms with E-state index in [4.69, 9.17) is 11.6 Å². The first-order valence-electron chi connectivity index (χ1n) is 8.20. The fourth-order valence-electron chi connectivity index (χ4n) is 3.15. The van der Waals surface area contributed by atoms with Gasteiger partial charge in [0.2, 0.25) is 0 Å². The van der Waals surface area contributed by atoms with Crippen molar-refractivity contribution in [3.63, 3.8) is 0 Å². The van der Waals surface area contributed by atoms with Crippen LogP contribution < -0.4 is 5.32 Å². The molecule has 0 saturated heterocycles. The highest BCUT2D eigenvalue weighted by molar-refractivity contribution is 6.31. The van der Waals surface area contributed by atoms with Crippen LogP contribution in [0.25, 0.3) is 0 Å². The van der Waals surface area contributed by atoms with Crippen LogP contribution in [-0.2, 0) is 6.54 Å². The van der Waals surface area contributed by atoms with Crippen molar-refractivity contribution in [2.24, 2.45) is 5.92 Å². The number of halogens is 1. The number of rotatable bonds is 4. The van der Waals surface area contributed by atoms with Gasteiger partial charge in [-0.1, -0.05) is 49.6 Å². The minimum absolute atomic E-state index is 0.0332. The second kappa shape index (κ2) is 7.18. The number of hydrogen-bond donors (Lipinski definition) is 1. The van der Waals surface area contributed by atoms with Gasteiger partial charge in [0.1, 0.15) is 0 Å². The summed E-state index contributed by atoms with van der Waals surface area (Å²) in [6.45, 7) is 2.78. The minimum Gasteiger partial charge on any atom is -0.349 e. The molecular formula is C18H22ClN3O. The summed E-state index contributed by atoms with van der Waals surface area (Å²) in [7, 11) is 0. The van der Waals surface area contributed by atoms with Crippen LogP contribution in [0.4, 0.5) is 0 Å². The van der Waals surface area contributed by atoms with Crippen LogP contribution in [-0.4, -0.2) is 21.7 Å². The van der Waals surface area contributed by atoms with E-state index in [0.29, 0.717) is 23.0 Å². The van der Waals surface area contributed by atoms with E-state index in [1.807, 2.05) is 24.3 Å². The number of amides is 1. The lowest BCUT2D eigenvalue weighted by Gasteiger charge is -2.29. The van der Waals surface area contributed by atoms with Gasteiger partial charge in [0.25, 0.3) is 5.91 Å². The Balaban J connectivity index is 1.64. The van der Waals surface area contributed by atoms with Crippen molar-refractivity contribution in [3.05, 3.63) is 52.8 Å². The van der Waals surface area contributed by atoms with Crippen molar-refractivity contribution < 1.29 is 4.79 Å². The van der Waals surface area contributed by atoms with E-state index >= 15 is 0 Å². The van der Waals surface area contributed by atoms with E-state index in [2.05, 4.69) is 17.3 Å². The van der Waals surface area contributed by atoms with Crippen LogP contribution in [0.5, 0.6) is 0 Å². The molecule has 122 valence electrons. The highest BCUT2D eigenvalue weighted by Crippen LogP contribution is 2.24. The Morgan fingerprint density at radius 2 is 2.13 bits per heavy atom. The van der Waals surface area contributed by atoms with Gasteiger partial charge in [-0.2, -0.15) is 5.10 Å². The second-order valence-corrected chi connectivity index (χ2v) is 6.77. The Kier molecular flexibility index (Phi) is 5.01. The van der Waals surface area contributed by atoms with Crippen molar-refractivity contribution >= 4 is 17.5 Å². The normalized spacial score (nSPS) is 21.1. The SMILES string of the molecule is CC1CCCCC1NC(=O)c1cnn(Cc2ccccc2Cl)c1. The maximum atomic E-state index is 12.4. The lowest BCUT2D eigenvalue weighted by atomic mass is 9.86. The van der Waals surface area contributed by atoms with Gasteiger partial charge in [-0.05, 0) is 30.4 Å². The van der Waals surface area contributed by atoms with Gasteiger partial charge >= 0.3 is 0 Å². The molecule has 4 nitrogen and oxygen atoms in total. The lowest BCUT2D eigenvalue weighted by molar-refractivity contribution is 0.0910. The first kappa shape index (κ1) is 16.1. The predicted octanol–water partition coefficient (Wildman–Crippen LogP) is 3.89. The minimum atomic E-state index is -0.0332. The summed E-state index contributed by atoms with van der Waals surface area (Å²) in [5.41, 5.74) is 1.60. The fourth-order valence-corrected chi connectivity index (χ4v) is 3.35. The Morgan fingerprint density at radius 1 is 1.35 bits per heavy atom. The molecule has 1 N–H and O–H groups in total. The number of carbonyl (C=O) groups excluding carboxylic acids is 1. The Labute approximate surface area is 141 Å². The quantitative estimate of drug-likeness (QED) is 0.923. The predicted molar refractivity (Wildman–Crippen MR) is 91.7 cm³/mol. The molecule has 3 rings (SSSR count). The molecule has 1 aliphatic rings. The Bertz CT molecular complexity index is 682. The number of hydrogen-bond acceptors (Lipinski definition) is 2. The summed E-state index contributed by atoms with van der Waals surface area (Å²) in [6.07, 6.45) is 8.13. The third-order valence-corrected chi connectivity index (χ3v) is 4.98. The van der Waals surface area contributed by atoms with Crippen LogP contribution in [0.15, 0.2) is 36.7 Å². The fraction of sp³-hybridized carbons (Fsp3) is 0.444. The topological polar surface area (TPSA) is 46.9 Å². The molecule has 1 amide bonds. The Morgan fingerprint density at radius 3 is 2.91 bits per heavy atom. The van der Waals surface area contributed by atoms with E-state index in [9.17, 15) is 4.79 Å². The maximum Gasteiger partial charge on any atom is 0.254 e. The van der Waals surface area contributed by atoms with Crippen LogP contribution in [0.3, 0.4) is 0 Å². The molecule has 2 aromatic rings. The molecule has 5 heteroatoms. The molecule has 0 radical (unpaired) electrons. The van der Waals surface area contributed by atoms with Gasteiger partial charge in [-0.25, -0.2) is 0 Å². The molecule has 2 unspecified atom stereocenters. The van der Waals surface area contributed by atoms with E-state index in [0.717, 1.165) is 12.0 Å². The summed E-state index contributed by atoms with van der Waals surface area (Å²) < 4.78 is 1.75. The van der Waals surface area contributed by atoms with Crippen LogP contribution in [0, 0.1) is 5.92 Å². The van der Waals surface area contributed by atoms with Crippen LogP contribution in [0.2, 0.25) is 5.02 Å². The number of carbonyl (C=O) groups is 1. The maximum absolute atomic E-state index is 12.4. The smallest absolute Gasteiger partial charge is 0.254 e. The zero-order valence-corrected chi connectivity index (χ0v) is 14.1.